The van der Waals surface area contributed by atoms with Gasteiger partial charge in [-0.05, 0) is 49.7 Å². The molecule has 0 saturated heterocycles. The second-order valence-electron chi connectivity index (χ2n) is 5.24. The van der Waals surface area contributed by atoms with Crippen molar-refractivity contribution in [3.63, 3.8) is 0 Å². The van der Waals surface area contributed by atoms with Crippen LogP contribution in [0.1, 0.15) is 29.8 Å². The Morgan fingerprint density at radius 2 is 1.92 bits per heavy atom. The number of carbonyl (C=O) groups is 1. The van der Waals surface area contributed by atoms with Crippen molar-refractivity contribution in [2.24, 2.45) is 5.10 Å². The van der Waals surface area contributed by atoms with Crippen LogP contribution in [0, 0.1) is 10.1 Å². The first-order valence-electron chi connectivity index (χ1n) is 7.86. The highest BCUT2D eigenvalue weighted by atomic mass is 16.6. The molecule has 0 heterocycles. The van der Waals surface area contributed by atoms with E-state index >= 15 is 0 Å². The Balaban J connectivity index is 2.17. The SMILES string of the molecule is CCOc1ccc(/C(C)=N\NC(=O)c2cc([N+](=O)[O-])ccc2OC)cc1. The van der Waals surface area contributed by atoms with Gasteiger partial charge in [0, 0.05) is 12.1 Å². The fourth-order valence-corrected chi connectivity index (χ4v) is 2.21. The fourth-order valence-electron chi connectivity index (χ4n) is 2.21. The molecule has 1 amide bonds. The molecule has 2 rings (SSSR count). The predicted molar refractivity (Wildman–Crippen MR) is 96.9 cm³/mol. The average molecular weight is 357 g/mol. The molecule has 8 nitrogen and oxygen atoms in total. The summed E-state index contributed by atoms with van der Waals surface area (Å²) in [6.07, 6.45) is 0. The number of rotatable bonds is 7. The number of hydrogen-bond donors (Lipinski definition) is 1. The Morgan fingerprint density at radius 3 is 2.50 bits per heavy atom. The van der Waals surface area contributed by atoms with E-state index in [2.05, 4.69) is 10.5 Å². The van der Waals surface area contributed by atoms with Crippen LogP contribution < -0.4 is 14.9 Å². The number of ether oxygens (including phenoxy) is 2. The molecule has 0 aliphatic rings. The lowest BCUT2D eigenvalue weighted by molar-refractivity contribution is -0.384. The van der Waals surface area contributed by atoms with Gasteiger partial charge >= 0.3 is 0 Å². The van der Waals surface area contributed by atoms with Gasteiger partial charge in [0.15, 0.2) is 0 Å². The van der Waals surface area contributed by atoms with Crippen molar-refractivity contribution in [2.45, 2.75) is 13.8 Å². The van der Waals surface area contributed by atoms with E-state index in [1.807, 2.05) is 31.2 Å². The van der Waals surface area contributed by atoms with Crippen LogP contribution >= 0.6 is 0 Å². The van der Waals surface area contributed by atoms with Gasteiger partial charge < -0.3 is 9.47 Å². The van der Waals surface area contributed by atoms with E-state index in [-0.39, 0.29) is 17.0 Å². The van der Waals surface area contributed by atoms with Gasteiger partial charge in [0.05, 0.1) is 29.9 Å². The minimum Gasteiger partial charge on any atom is -0.496 e. The van der Waals surface area contributed by atoms with Crippen LogP contribution in [0.15, 0.2) is 47.6 Å². The molecule has 0 saturated carbocycles. The van der Waals surface area contributed by atoms with Crippen LogP contribution in [-0.4, -0.2) is 30.3 Å². The lowest BCUT2D eigenvalue weighted by Gasteiger charge is -2.08. The van der Waals surface area contributed by atoms with Crippen molar-refractivity contribution in [3.05, 3.63) is 63.7 Å². The van der Waals surface area contributed by atoms with Crippen LogP contribution in [0.25, 0.3) is 0 Å². The number of carbonyl (C=O) groups excluding carboxylic acids is 1. The summed E-state index contributed by atoms with van der Waals surface area (Å²) in [5.74, 6) is 0.368. The number of nitrogens with zero attached hydrogens (tertiary/aromatic N) is 2. The fraction of sp³-hybridized carbons (Fsp3) is 0.222. The second-order valence-corrected chi connectivity index (χ2v) is 5.24. The van der Waals surface area contributed by atoms with Crippen molar-refractivity contribution in [1.82, 2.24) is 5.43 Å². The molecule has 136 valence electrons. The lowest BCUT2D eigenvalue weighted by atomic mass is 10.1. The maximum atomic E-state index is 12.3. The first-order valence-corrected chi connectivity index (χ1v) is 7.86. The Bertz CT molecular complexity index is 831. The van der Waals surface area contributed by atoms with Gasteiger partial charge in [0.25, 0.3) is 11.6 Å². The third kappa shape index (κ3) is 4.56. The zero-order valence-corrected chi connectivity index (χ0v) is 14.7. The number of methoxy groups -OCH3 is 1. The van der Waals surface area contributed by atoms with Gasteiger partial charge in [0.1, 0.15) is 11.5 Å². The molecule has 0 aromatic heterocycles. The molecule has 0 spiro atoms. The van der Waals surface area contributed by atoms with Gasteiger partial charge in [-0.3, -0.25) is 14.9 Å². The van der Waals surface area contributed by atoms with Gasteiger partial charge in [-0.15, -0.1) is 0 Å². The highest BCUT2D eigenvalue weighted by Gasteiger charge is 2.17. The topological polar surface area (TPSA) is 103 Å². The molecule has 0 fully saturated rings. The molecule has 0 atom stereocenters. The third-order valence-electron chi connectivity index (χ3n) is 3.55. The second kappa shape index (κ2) is 8.61. The Hall–Kier alpha value is -3.42. The molecule has 0 aliphatic carbocycles. The molecular weight excluding hydrogens is 338 g/mol. The summed E-state index contributed by atoms with van der Waals surface area (Å²) >= 11 is 0. The molecular formula is C18H19N3O5. The van der Waals surface area contributed by atoms with E-state index in [9.17, 15) is 14.9 Å². The van der Waals surface area contributed by atoms with E-state index in [1.165, 1.54) is 19.2 Å². The maximum Gasteiger partial charge on any atom is 0.275 e. The monoisotopic (exact) mass is 357 g/mol. The van der Waals surface area contributed by atoms with Gasteiger partial charge in [-0.2, -0.15) is 5.10 Å². The summed E-state index contributed by atoms with van der Waals surface area (Å²) in [4.78, 5) is 22.7. The van der Waals surface area contributed by atoms with Crippen LogP contribution in [-0.2, 0) is 0 Å². The predicted octanol–water partition coefficient (Wildman–Crippen LogP) is 3.16. The number of non-ortho nitro benzene ring substituents is 1. The Morgan fingerprint density at radius 1 is 1.23 bits per heavy atom. The van der Waals surface area contributed by atoms with E-state index in [4.69, 9.17) is 9.47 Å². The van der Waals surface area contributed by atoms with E-state index in [0.29, 0.717) is 12.3 Å². The van der Waals surface area contributed by atoms with E-state index in [1.54, 1.807) is 6.92 Å². The number of benzene rings is 2. The molecule has 0 aliphatic heterocycles. The molecule has 1 N–H and O–H groups in total. The van der Waals surface area contributed by atoms with Gasteiger partial charge in [-0.1, -0.05) is 0 Å². The van der Waals surface area contributed by atoms with Crippen molar-refractivity contribution >= 4 is 17.3 Å². The number of hydrazone groups is 1. The summed E-state index contributed by atoms with van der Waals surface area (Å²) in [6.45, 7) is 4.21. The van der Waals surface area contributed by atoms with Crippen LogP contribution in [0.3, 0.4) is 0 Å². The minimum atomic E-state index is -0.601. The number of nitrogens with one attached hydrogen (secondary N) is 1. The minimum absolute atomic E-state index is 0.0324. The van der Waals surface area contributed by atoms with Crippen LogP contribution in [0.5, 0.6) is 11.5 Å². The lowest BCUT2D eigenvalue weighted by Crippen LogP contribution is -2.20. The summed E-state index contributed by atoms with van der Waals surface area (Å²) in [6, 6.07) is 11.1. The summed E-state index contributed by atoms with van der Waals surface area (Å²) in [7, 11) is 1.38. The molecule has 0 bridgehead atoms. The van der Waals surface area contributed by atoms with E-state index in [0.717, 1.165) is 17.4 Å². The van der Waals surface area contributed by atoms with Gasteiger partial charge in [-0.25, -0.2) is 5.43 Å². The molecule has 0 radical (unpaired) electrons. The largest absolute Gasteiger partial charge is 0.496 e. The number of amides is 1. The van der Waals surface area contributed by atoms with Crippen molar-refractivity contribution in [3.8, 4) is 11.5 Å². The summed E-state index contributed by atoms with van der Waals surface area (Å²) in [5.41, 5.74) is 3.60. The number of nitro groups is 1. The molecule has 26 heavy (non-hydrogen) atoms. The van der Waals surface area contributed by atoms with E-state index < -0.39 is 10.8 Å². The van der Waals surface area contributed by atoms with Crippen molar-refractivity contribution in [2.75, 3.05) is 13.7 Å². The first-order chi connectivity index (χ1) is 12.5. The van der Waals surface area contributed by atoms with Crippen LogP contribution in [0.2, 0.25) is 0 Å². The normalized spacial score (nSPS) is 11.0. The highest BCUT2D eigenvalue weighted by Crippen LogP contribution is 2.23. The molecule has 2 aromatic rings. The standard InChI is InChI=1S/C18H19N3O5/c1-4-26-15-8-5-13(6-9-15)12(2)19-20-18(22)16-11-14(21(23)24)7-10-17(16)25-3/h5-11H,4H2,1-3H3,(H,20,22)/b19-12-. The molecule has 8 heteroatoms. The Kier molecular flexibility index (Phi) is 6.26. The maximum absolute atomic E-state index is 12.3. The highest BCUT2D eigenvalue weighted by molar-refractivity contribution is 6.01. The summed E-state index contributed by atoms with van der Waals surface area (Å²) < 4.78 is 10.5. The molecule has 2 aromatic carbocycles. The smallest absolute Gasteiger partial charge is 0.275 e. The Labute approximate surface area is 150 Å². The quantitative estimate of drug-likeness (QED) is 0.466. The first kappa shape index (κ1) is 18.9. The molecule has 0 unspecified atom stereocenters. The number of nitro benzene ring substituents is 1. The zero-order chi connectivity index (χ0) is 19.1. The zero-order valence-electron chi connectivity index (χ0n) is 14.7. The summed E-state index contributed by atoms with van der Waals surface area (Å²) in [5, 5.41) is 14.9. The van der Waals surface area contributed by atoms with Crippen molar-refractivity contribution < 1.29 is 19.2 Å². The average Bonchev–Trinajstić information content (AvgIpc) is 2.66. The van der Waals surface area contributed by atoms with Crippen LogP contribution in [0.4, 0.5) is 5.69 Å². The van der Waals surface area contributed by atoms with Crippen molar-refractivity contribution in [1.29, 1.82) is 0 Å². The third-order valence-corrected chi connectivity index (χ3v) is 3.55. The number of hydrogen-bond acceptors (Lipinski definition) is 6. The van der Waals surface area contributed by atoms with Gasteiger partial charge in [0.2, 0.25) is 0 Å².